The quantitative estimate of drug-likeness (QED) is 0.826. The Kier molecular flexibility index (Phi) is 3.52. The first-order valence-electron chi connectivity index (χ1n) is 5.45. The van der Waals surface area contributed by atoms with E-state index in [1.807, 2.05) is 0 Å². The summed E-state index contributed by atoms with van der Waals surface area (Å²) in [7, 11) is 0. The number of hydrogen-bond donors (Lipinski definition) is 1. The predicted octanol–water partition coefficient (Wildman–Crippen LogP) is 2.23. The molecule has 2 rings (SSSR count). The molecule has 1 heterocycles. The van der Waals surface area contributed by atoms with Crippen molar-refractivity contribution in [2.24, 2.45) is 5.92 Å². The summed E-state index contributed by atoms with van der Waals surface area (Å²) in [6, 6.07) is 3.42. The van der Waals surface area contributed by atoms with Gasteiger partial charge in [0, 0.05) is 25.0 Å². The summed E-state index contributed by atoms with van der Waals surface area (Å²) in [5.74, 6) is -0.305. The van der Waals surface area contributed by atoms with E-state index in [1.54, 1.807) is 4.90 Å². The summed E-state index contributed by atoms with van der Waals surface area (Å²) in [5.41, 5.74) is 0.140. The smallest absolute Gasteiger partial charge is 0.257 e. The molecule has 92 valence electrons. The number of benzene rings is 1. The molecule has 17 heavy (non-hydrogen) atoms. The van der Waals surface area contributed by atoms with E-state index in [-0.39, 0.29) is 17.2 Å². The van der Waals surface area contributed by atoms with Crippen LogP contribution >= 0.6 is 11.6 Å². The Labute approximate surface area is 104 Å². The summed E-state index contributed by atoms with van der Waals surface area (Å²) in [4.78, 5) is 13.7. The van der Waals surface area contributed by atoms with Gasteiger partial charge in [0.05, 0.1) is 5.56 Å². The van der Waals surface area contributed by atoms with Gasteiger partial charge in [0.1, 0.15) is 11.6 Å². The number of carbonyl (C=O) groups is 1. The average Bonchev–Trinajstić information content (AvgIpc) is 2.76. The van der Waals surface area contributed by atoms with Crippen LogP contribution in [-0.4, -0.2) is 34.9 Å². The highest BCUT2D eigenvalue weighted by Gasteiger charge is 2.27. The number of nitrogens with zero attached hydrogens (tertiary/aromatic N) is 1. The molecular weight excluding hydrogens is 245 g/mol. The third kappa shape index (κ3) is 2.52. The largest absolute Gasteiger partial charge is 0.507 e. The highest BCUT2D eigenvalue weighted by Crippen LogP contribution is 2.24. The zero-order valence-corrected chi connectivity index (χ0v) is 9.95. The number of alkyl halides is 1. The maximum Gasteiger partial charge on any atom is 0.257 e. The Balaban J connectivity index is 2.15. The summed E-state index contributed by atoms with van der Waals surface area (Å²) >= 11 is 5.74. The predicted molar refractivity (Wildman–Crippen MR) is 62.8 cm³/mol. The lowest BCUT2D eigenvalue weighted by atomic mass is 10.1. The maximum atomic E-state index is 12.8. The number of likely N-dealkylation sites (tertiary alicyclic amines) is 1. The molecule has 0 aliphatic carbocycles. The normalized spacial score (nSPS) is 19.6. The van der Waals surface area contributed by atoms with E-state index in [1.165, 1.54) is 12.1 Å². The Hall–Kier alpha value is -1.29. The van der Waals surface area contributed by atoms with Crippen molar-refractivity contribution < 1.29 is 14.3 Å². The minimum absolute atomic E-state index is 0.140. The standard InChI is InChI=1S/C12H13ClFNO2/c13-6-8-3-4-15(7-8)12(17)10-2-1-9(14)5-11(10)16/h1-2,5,8,16H,3-4,6-7H2. The van der Waals surface area contributed by atoms with Gasteiger partial charge < -0.3 is 10.0 Å². The van der Waals surface area contributed by atoms with Crippen molar-refractivity contribution in [2.45, 2.75) is 6.42 Å². The molecule has 0 aromatic heterocycles. The van der Waals surface area contributed by atoms with Crippen molar-refractivity contribution in [2.75, 3.05) is 19.0 Å². The van der Waals surface area contributed by atoms with Gasteiger partial charge in [-0.25, -0.2) is 4.39 Å². The van der Waals surface area contributed by atoms with E-state index in [9.17, 15) is 14.3 Å². The Morgan fingerprint density at radius 3 is 2.94 bits per heavy atom. The van der Waals surface area contributed by atoms with Gasteiger partial charge >= 0.3 is 0 Å². The summed E-state index contributed by atoms with van der Waals surface area (Å²) < 4.78 is 12.8. The van der Waals surface area contributed by atoms with Crippen molar-refractivity contribution in [3.8, 4) is 5.75 Å². The number of phenolic OH excluding ortho intramolecular Hbond substituents is 1. The molecule has 1 saturated heterocycles. The molecule has 1 fully saturated rings. The van der Waals surface area contributed by atoms with Crippen LogP contribution in [0, 0.1) is 11.7 Å². The lowest BCUT2D eigenvalue weighted by molar-refractivity contribution is 0.0785. The van der Waals surface area contributed by atoms with Crippen LogP contribution < -0.4 is 0 Å². The van der Waals surface area contributed by atoms with Gasteiger partial charge in [-0.2, -0.15) is 0 Å². The summed E-state index contributed by atoms with van der Waals surface area (Å²) in [5, 5.41) is 9.53. The number of amides is 1. The van der Waals surface area contributed by atoms with Crippen molar-refractivity contribution in [3.63, 3.8) is 0 Å². The molecule has 0 spiro atoms. The summed E-state index contributed by atoms with van der Waals surface area (Å²) in [6.07, 6.45) is 0.872. The van der Waals surface area contributed by atoms with E-state index in [4.69, 9.17) is 11.6 Å². The van der Waals surface area contributed by atoms with E-state index in [0.29, 0.717) is 24.9 Å². The minimum atomic E-state index is -0.556. The maximum absolute atomic E-state index is 12.8. The molecule has 5 heteroatoms. The van der Waals surface area contributed by atoms with E-state index >= 15 is 0 Å². The molecule has 1 aliphatic heterocycles. The number of rotatable bonds is 2. The number of aromatic hydroxyl groups is 1. The second-order valence-corrected chi connectivity index (χ2v) is 4.53. The van der Waals surface area contributed by atoms with E-state index in [2.05, 4.69) is 0 Å². The van der Waals surface area contributed by atoms with Crippen molar-refractivity contribution in [3.05, 3.63) is 29.6 Å². The lowest BCUT2D eigenvalue weighted by Crippen LogP contribution is -2.28. The van der Waals surface area contributed by atoms with Crippen LogP contribution in [0.1, 0.15) is 16.8 Å². The molecule has 1 amide bonds. The Bertz CT molecular complexity index is 439. The van der Waals surface area contributed by atoms with E-state index < -0.39 is 5.82 Å². The Morgan fingerprint density at radius 2 is 2.35 bits per heavy atom. The zero-order chi connectivity index (χ0) is 12.4. The first-order valence-corrected chi connectivity index (χ1v) is 5.99. The van der Waals surface area contributed by atoms with Gasteiger partial charge in [0.25, 0.3) is 5.91 Å². The molecule has 1 aliphatic rings. The van der Waals surface area contributed by atoms with Gasteiger partial charge in [-0.05, 0) is 24.5 Å². The minimum Gasteiger partial charge on any atom is -0.507 e. The molecule has 0 saturated carbocycles. The fourth-order valence-corrected chi connectivity index (χ4v) is 2.25. The molecule has 0 bridgehead atoms. The monoisotopic (exact) mass is 257 g/mol. The third-order valence-electron chi connectivity index (χ3n) is 2.98. The van der Waals surface area contributed by atoms with Gasteiger partial charge in [0.2, 0.25) is 0 Å². The van der Waals surface area contributed by atoms with Crippen molar-refractivity contribution >= 4 is 17.5 Å². The van der Waals surface area contributed by atoms with Crippen LogP contribution in [0.3, 0.4) is 0 Å². The van der Waals surface area contributed by atoms with Gasteiger partial charge in [-0.3, -0.25) is 4.79 Å². The zero-order valence-electron chi connectivity index (χ0n) is 9.20. The second-order valence-electron chi connectivity index (χ2n) is 4.22. The number of carbonyl (C=O) groups excluding carboxylic acids is 1. The van der Waals surface area contributed by atoms with Gasteiger partial charge in [0.15, 0.2) is 0 Å². The van der Waals surface area contributed by atoms with Crippen molar-refractivity contribution in [1.82, 2.24) is 4.90 Å². The van der Waals surface area contributed by atoms with Gasteiger partial charge in [-0.15, -0.1) is 11.6 Å². The number of hydrogen-bond acceptors (Lipinski definition) is 2. The van der Waals surface area contributed by atoms with Gasteiger partial charge in [-0.1, -0.05) is 0 Å². The van der Waals surface area contributed by atoms with Crippen LogP contribution in [0.25, 0.3) is 0 Å². The SMILES string of the molecule is O=C(c1ccc(F)cc1O)N1CCC(CCl)C1. The molecule has 1 aromatic rings. The molecule has 3 nitrogen and oxygen atoms in total. The first-order chi connectivity index (χ1) is 8.11. The number of phenols is 1. The van der Waals surface area contributed by atoms with Crippen molar-refractivity contribution in [1.29, 1.82) is 0 Å². The fourth-order valence-electron chi connectivity index (χ4n) is 2.00. The topological polar surface area (TPSA) is 40.5 Å². The molecular formula is C12H13ClFNO2. The molecule has 1 N–H and O–H groups in total. The average molecular weight is 258 g/mol. The molecule has 1 aromatic carbocycles. The first kappa shape index (κ1) is 12.2. The molecule has 1 atom stereocenters. The van der Waals surface area contributed by atoms with E-state index in [0.717, 1.165) is 12.5 Å². The molecule has 1 unspecified atom stereocenters. The van der Waals surface area contributed by atoms with Crippen LogP contribution in [0.2, 0.25) is 0 Å². The third-order valence-corrected chi connectivity index (χ3v) is 3.42. The lowest BCUT2D eigenvalue weighted by Gasteiger charge is -2.16. The van der Waals surface area contributed by atoms with Crippen LogP contribution in [0.5, 0.6) is 5.75 Å². The van der Waals surface area contributed by atoms with Crippen LogP contribution in [0.15, 0.2) is 18.2 Å². The molecule has 0 radical (unpaired) electrons. The highest BCUT2D eigenvalue weighted by molar-refractivity contribution is 6.18. The Morgan fingerprint density at radius 1 is 1.59 bits per heavy atom. The second kappa shape index (κ2) is 4.92. The number of halogens is 2. The van der Waals surface area contributed by atoms with Crippen LogP contribution in [0.4, 0.5) is 4.39 Å². The fraction of sp³-hybridized carbons (Fsp3) is 0.417. The van der Waals surface area contributed by atoms with Crippen LogP contribution in [-0.2, 0) is 0 Å². The summed E-state index contributed by atoms with van der Waals surface area (Å²) in [6.45, 7) is 1.23. The highest BCUT2D eigenvalue weighted by atomic mass is 35.5.